The molecule has 5 N–H and O–H groups in total. The minimum atomic E-state index is -0.916. The highest BCUT2D eigenvalue weighted by Crippen LogP contribution is 2.24. The zero-order chi connectivity index (χ0) is 22.2. The Bertz CT molecular complexity index is 908. The monoisotopic (exact) mass is 460 g/mol. The number of hydrogen-bond acceptors (Lipinski definition) is 5. The van der Waals surface area contributed by atoms with Crippen LogP contribution in [0.2, 0.25) is 0 Å². The average molecular weight is 461 g/mol. The summed E-state index contributed by atoms with van der Waals surface area (Å²) in [5.74, 6) is -1.15. The molecule has 1 saturated heterocycles. The topological polar surface area (TPSA) is 126 Å². The van der Waals surface area contributed by atoms with Crippen LogP contribution < -0.4 is 21.7 Å². The molecule has 0 bridgehead atoms. The lowest BCUT2D eigenvalue weighted by Gasteiger charge is -2.18. The maximum Gasteiger partial charge on any atom is 0.256 e. The second kappa shape index (κ2) is 12.2. The fourth-order valence-electron chi connectivity index (χ4n) is 3.13. The van der Waals surface area contributed by atoms with Crippen molar-refractivity contribution in [1.82, 2.24) is 10.6 Å². The van der Waals surface area contributed by atoms with Crippen molar-refractivity contribution in [3.63, 3.8) is 0 Å². The molecule has 32 heavy (non-hydrogen) atoms. The first-order chi connectivity index (χ1) is 15.0. The number of amides is 3. The van der Waals surface area contributed by atoms with E-state index in [9.17, 15) is 14.4 Å². The van der Waals surface area contributed by atoms with Gasteiger partial charge >= 0.3 is 0 Å². The van der Waals surface area contributed by atoms with Crippen molar-refractivity contribution >= 4 is 35.8 Å². The molecule has 0 aromatic heterocycles. The summed E-state index contributed by atoms with van der Waals surface area (Å²) in [7, 11) is 0. The summed E-state index contributed by atoms with van der Waals surface area (Å²) in [5, 5.41) is 8.26. The number of hydrogen-bond donors (Lipinski definition) is 4. The molecule has 1 aliphatic rings. The van der Waals surface area contributed by atoms with E-state index in [1.165, 1.54) is 0 Å². The van der Waals surface area contributed by atoms with Crippen LogP contribution >= 0.6 is 12.4 Å². The van der Waals surface area contributed by atoms with Crippen molar-refractivity contribution in [2.45, 2.75) is 44.6 Å². The molecular formula is C23H29ClN4O4. The number of nitrogens with one attached hydrogen (secondary N) is 3. The van der Waals surface area contributed by atoms with Gasteiger partial charge in [0.2, 0.25) is 5.91 Å². The molecule has 3 amide bonds. The molecule has 1 fully saturated rings. The van der Waals surface area contributed by atoms with E-state index in [0.717, 1.165) is 17.5 Å². The number of carbonyl (C=O) groups is 3. The lowest BCUT2D eigenvalue weighted by molar-refractivity contribution is -0.129. The van der Waals surface area contributed by atoms with Crippen molar-refractivity contribution in [1.29, 1.82) is 0 Å². The standard InChI is InChI=1S/C23H28N4O4.ClH/c1-2-12-25-21(28)18(13-15-6-4-3-5-7-15)27-23(30)20-19(31-20)22(29)26-17-10-8-16(14-24)9-11-17;/h3-11,18-20H,2,12-14,24H2,1H3,(H,25,28)(H,26,29)(H,27,30);1H/t18-,19-,20-;/m0./s1. The number of carbonyl (C=O) groups excluding carboxylic acids is 3. The molecule has 3 atom stereocenters. The number of ether oxygens (including phenoxy) is 1. The van der Waals surface area contributed by atoms with Crippen molar-refractivity contribution in [3.8, 4) is 0 Å². The Balaban J connectivity index is 0.00000363. The number of rotatable bonds is 10. The Morgan fingerprint density at radius 2 is 1.62 bits per heavy atom. The molecule has 0 aliphatic carbocycles. The zero-order valence-corrected chi connectivity index (χ0v) is 18.7. The van der Waals surface area contributed by atoms with Crippen LogP contribution in [0, 0.1) is 0 Å². The molecule has 0 saturated carbocycles. The van der Waals surface area contributed by atoms with Crippen molar-refractivity contribution < 1.29 is 19.1 Å². The smallest absolute Gasteiger partial charge is 0.256 e. The van der Waals surface area contributed by atoms with Gasteiger partial charge in [-0.05, 0) is 29.7 Å². The fraction of sp³-hybridized carbons (Fsp3) is 0.348. The van der Waals surface area contributed by atoms with Gasteiger partial charge in [-0.25, -0.2) is 0 Å². The van der Waals surface area contributed by atoms with Crippen LogP contribution in [0.5, 0.6) is 0 Å². The molecule has 0 unspecified atom stereocenters. The number of epoxide rings is 1. The number of benzene rings is 2. The fourth-order valence-corrected chi connectivity index (χ4v) is 3.13. The molecule has 172 valence electrons. The highest BCUT2D eigenvalue weighted by molar-refractivity contribution is 6.02. The summed E-state index contributed by atoms with van der Waals surface area (Å²) in [6.07, 6.45) is -0.664. The van der Waals surface area contributed by atoms with E-state index in [4.69, 9.17) is 10.5 Å². The number of halogens is 1. The van der Waals surface area contributed by atoms with E-state index in [1.807, 2.05) is 49.4 Å². The summed E-state index contributed by atoms with van der Waals surface area (Å²) in [6.45, 7) is 2.89. The maximum absolute atomic E-state index is 12.6. The second-order valence-electron chi connectivity index (χ2n) is 7.41. The Hall–Kier alpha value is -2.94. The second-order valence-corrected chi connectivity index (χ2v) is 7.41. The van der Waals surface area contributed by atoms with E-state index in [2.05, 4.69) is 16.0 Å². The largest absolute Gasteiger partial charge is 0.354 e. The van der Waals surface area contributed by atoms with Gasteiger partial charge in [0.15, 0.2) is 12.2 Å². The molecule has 2 aromatic carbocycles. The molecule has 8 nitrogen and oxygen atoms in total. The first-order valence-electron chi connectivity index (χ1n) is 10.4. The van der Waals surface area contributed by atoms with Gasteiger partial charge in [0.1, 0.15) is 6.04 Å². The molecule has 2 aromatic rings. The summed E-state index contributed by atoms with van der Waals surface area (Å²) < 4.78 is 5.29. The number of anilines is 1. The van der Waals surface area contributed by atoms with Crippen molar-refractivity contribution in [2.24, 2.45) is 5.73 Å². The molecule has 3 rings (SSSR count). The van der Waals surface area contributed by atoms with Gasteiger partial charge in [-0.1, -0.05) is 49.4 Å². The van der Waals surface area contributed by atoms with Crippen LogP contribution in [0.1, 0.15) is 24.5 Å². The predicted octanol–water partition coefficient (Wildman–Crippen LogP) is 1.53. The normalized spacial score (nSPS) is 17.4. The minimum Gasteiger partial charge on any atom is -0.354 e. The van der Waals surface area contributed by atoms with Gasteiger partial charge < -0.3 is 26.4 Å². The molecule has 0 spiro atoms. The highest BCUT2D eigenvalue weighted by atomic mass is 35.5. The van der Waals surface area contributed by atoms with Gasteiger partial charge in [-0.2, -0.15) is 0 Å². The van der Waals surface area contributed by atoms with Crippen LogP contribution in [0.3, 0.4) is 0 Å². The van der Waals surface area contributed by atoms with Crippen molar-refractivity contribution in [3.05, 3.63) is 65.7 Å². The summed E-state index contributed by atoms with van der Waals surface area (Å²) in [6, 6.07) is 15.8. The van der Waals surface area contributed by atoms with E-state index in [-0.39, 0.29) is 18.3 Å². The molecule has 1 heterocycles. The van der Waals surface area contributed by atoms with E-state index in [1.54, 1.807) is 12.1 Å². The molecule has 1 aliphatic heterocycles. The quantitative estimate of drug-likeness (QED) is 0.400. The Kier molecular flexibility index (Phi) is 9.64. The van der Waals surface area contributed by atoms with Crippen LogP contribution in [-0.4, -0.2) is 42.5 Å². The Morgan fingerprint density at radius 3 is 2.25 bits per heavy atom. The summed E-state index contributed by atoms with van der Waals surface area (Å²) >= 11 is 0. The van der Waals surface area contributed by atoms with Gasteiger partial charge in [-0.3, -0.25) is 14.4 Å². The lowest BCUT2D eigenvalue weighted by Crippen LogP contribution is -2.49. The van der Waals surface area contributed by atoms with Crippen molar-refractivity contribution in [2.75, 3.05) is 11.9 Å². The van der Waals surface area contributed by atoms with Crippen LogP contribution in [-0.2, 0) is 32.1 Å². The first-order valence-corrected chi connectivity index (χ1v) is 10.4. The van der Waals surface area contributed by atoms with Crippen LogP contribution in [0.25, 0.3) is 0 Å². The Morgan fingerprint density at radius 1 is 0.969 bits per heavy atom. The van der Waals surface area contributed by atoms with E-state index in [0.29, 0.717) is 25.2 Å². The average Bonchev–Trinajstić information content (AvgIpc) is 3.59. The highest BCUT2D eigenvalue weighted by Gasteiger charge is 2.51. The molecular weight excluding hydrogens is 432 g/mol. The third kappa shape index (κ3) is 7.05. The third-order valence-electron chi connectivity index (χ3n) is 4.93. The molecule has 0 radical (unpaired) electrons. The van der Waals surface area contributed by atoms with Crippen LogP contribution in [0.4, 0.5) is 5.69 Å². The van der Waals surface area contributed by atoms with E-state index >= 15 is 0 Å². The Labute approximate surface area is 193 Å². The van der Waals surface area contributed by atoms with Gasteiger partial charge in [-0.15, -0.1) is 12.4 Å². The summed E-state index contributed by atoms with van der Waals surface area (Å²) in [4.78, 5) is 37.5. The van der Waals surface area contributed by atoms with Gasteiger partial charge in [0.05, 0.1) is 0 Å². The first kappa shape index (κ1) is 25.3. The van der Waals surface area contributed by atoms with E-state index < -0.39 is 30.1 Å². The maximum atomic E-state index is 12.6. The molecule has 9 heteroatoms. The summed E-state index contributed by atoms with van der Waals surface area (Å²) in [5.41, 5.74) is 8.03. The van der Waals surface area contributed by atoms with Gasteiger partial charge in [0.25, 0.3) is 11.8 Å². The lowest BCUT2D eigenvalue weighted by atomic mass is 10.0. The number of nitrogens with two attached hydrogens (primary N) is 1. The third-order valence-corrected chi connectivity index (χ3v) is 4.93. The SMILES string of the molecule is CCCNC(=O)[C@H](Cc1ccccc1)NC(=O)[C@H]1O[C@@H]1C(=O)Nc1ccc(CN)cc1.Cl. The zero-order valence-electron chi connectivity index (χ0n) is 17.9. The predicted molar refractivity (Wildman–Crippen MR) is 124 cm³/mol. The van der Waals surface area contributed by atoms with Crippen LogP contribution in [0.15, 0.2) is 54.6 Å². The minimum absolute atomic E-state index is 0. The van der Waals surface area contributed by atoms with Gasteiger partial charge in [0, 0.05) is 25.2 Å².